The van der Waals surface area contributed by atoms with Gasteiger partial charge in [0.05, 0.1) is 7.11 Å². The van der Waals surface area contributed by atoms with Gasteiger partial charge >= 0.3 is 0 Å². The highest BCUT2D eigenvalue weighted by Crippen LogP contribution is 2.28. The van der Waals surface area contributed by atoms with Gasteiger partial charge in [-0.15, -0.1) is 0 Å². The quantitative estimate of drug-likeness (QED) is 0.762. The minimum absolute atomic E-state index is 0.455. The zero-order valence-electron chi connectivity index (χ0n) is 13.2. The molecule has 0 aromatic heterocycles. The largest absolute Gasteiger partial charge is 0.493 e. The molecular weight excluding hydrogens is 278 g/mol. The van der Waals surface area contributed by atoms with E-state index in [0.717, 1.165) is 34.8 Å². The number of benzene rings is 2. The van der Waals surface area contributed by atoms with Crippen LogP contribution in [0.4, 0.5) is 0 Å². The highest BCUT2D eigenvalue weighted by molar-refractivity contribution is 5.43. The van der Waals surface area contributed by atoms with Crippen molar-refractivity contribution in [2.24, 2.45) is 5.73 Å². The van der Waals surface area contributed by atoms with Crippen molar-refractivity contribution in [2.45, 2.75) is 13.3 Å². The molecule has 0 saturated heterocycles. The molecule has 2 N–H and O–H groups in total. The van der Waals surface area contributed by atoms with Gasteiger partial charge in [0.2, 0.25) is 0 Å². The summed E-state index contributed by atoms with van der Waals surface area (Å²) in [6.45, 7) is 3.57. The van der Waals surface area contributed by atoms with Gasteiger partial charge in [-0.3, -0.25) is 0 Å². The predicted molar refractivity (Wildman–Crippen MR) is 87.9 cm³/mol. The van der Waals surface area contributed by atoms with Crippen molar-refractivity contribution < 1.29 is 14.2 Å². The van der Waals surface area contributed by atoms with Crippen molar-refractivity contribution in [3.8, 4) is 17.2 Å². The van der Waals surface area contributed by atoms with E-state index in [4.69, 9.17) is 19.9 Å². The summed E-state index contributed by atoms with van der Waals surface area (Å²) >= 11 is 0. The smallest absolute Gasteiger partial charge is 0.161 e. The number of rotatable bonds is 8. The van der Waals surface area contributed by atoms with Crippen LogP contribution in [0.25, 0.3) is 0 Å². The fourth-order valence-corrected chi connectivity index (χ4v) is 2.18. The molecule has 22 heavy (non-hydrogen) atoms. The number of aryl methyl sites for hydroxylation is 1. The summed E-state index contributed by atoms with van der Waals surface area (Å²) in [6, 6.07) is 13.8. The lowest BCUT2D eigenvalue weighted by atomic mass is 10.1. The molecule has 0 radical (unpaired) electrons. The van der Waals surface area contributed by atoms with Crippen LogP contribution in [0.5, 0.6) is 17.2 Å². The molecule has 0 atom stereocenters. The highest BCUT2D eigenvalue weighted by Gasteiger charge is 2.06. The third-order valence-electron chi connectivity index (χ3n) is 3.35. The maximum atomic E-state index is 5.79. The summed E-state index contributed by atoms with van der Waals surface area (Å²) in [4.78, 5) is 0. The Bertz CT molecular complexity index is 599. The molecule has 0 spiro atoms. The molecule has 4 nitrogen and oxygen atoms in total. The van der Waals surface area contributed by atoms with Crippen molar-refractivity contribution in [3.63, 3.8) is 0 Å². The minimum atomic E-state index is 0.455. The van der Waals surface area contributed by atoms with Crippen LogP contribution in [0.15, 0.2) is 42.5 Å². The van der Waals surface area contributed by atoms with Crippen molar-refractivity contribution in [1.29, 1.82) is 0 Å². The Morgan fingerprint density at radius 1 is 0.909 bits per heavy atom. The standard InChI is InChI=1S/C18H23NO3/c1-14-5-3-4-6-16(14)21-11-12-22-18-13-15(9-10-19)7-8-17(18)20-2/h3-8,13H,9-12,19H2,1-2H3. The van der Waals surface area contributed by atoms with Crippen LogP contribution < -0.4 is 19.9 Å². The molecule has 4 heteroatoms. The zero-order chi connectivity index (χ0) is 15.8. The Hall–Kier alpha value is -2.20. The molecule has 0 aliphatic carbocycles. The zero-order valence-corrected chi connectivity index (χ0v) is 13.2. The van der Waals surface area contributed by atoms with Gasteiger partial charge in [0.25, 0.3) is 0 Å². The normalized spacial score (nSPS) is 10.3. The van der Waals surface area contributed by atoms with Gasteiger partial charge in [-0.25, -0.2) is 0 Å². The summed E-state index contributed by atoms with van der Waals surface area (Å²) in [5, 5.41) is 0. The van der Waals surface area contributed by atoms with Crippen LogP contribution in [0.1, 0.15) is 11.1 Å². The van der Waals surface area contributed by atoms with Crippen LogP contribution in [0, 0.1) is 6.92 Å². The molecule has 0 unspecified atom stereocenters. The maximum absolute atomic E-state index is 5.79. The van der Waals surface area contributed by atoms with E-state index in [-0.39, 0.29) is 0 Å². The van der Waals surface area contributed by atoms with E-state index in [1.165, 1.54) is 0 Å². The average Bonchev–Trinajstić information content (AvgIpc) is 2.54. The third-order valence-corrected chi connectivity index (χ3v) is 3.35. The molecule has 2 rings (SSSR count). The second-order valence-electron chi connectivity index (χ2n) is 4.99. The Kier molecular flexibility index (Phi) is 6.10. The molecule has 2 aromatic rings. The Morgan fingerprint density at radius 3 is 2.32 bits per heavy atom. The van der Waals surface area contributed by atoms with Crippen molar-refractivity contribution >= 4 is 0 Å². The molecule has 0 aliphatic heterocycles. The Labute approximate surface area is 131 Å². The molecule has 0 fully saturated rings. The first kappa shape index (κ1) is 16.2. The third kappa shape index (κ3) is 4.40. The number of hydrogen-bond acceptors (Lipinski definition) is 4. The maximum Gasteiger partial charge on any atom is 0.161 e. The van der Waals surface area contributed by atoms with E-state index in [2.05, 4.69) is 0 Å². The van der Waals surface area contributed by atoms with Crippen LogP contribution in [0.3, 0.4) is 0 Å². The summed E-state index contributed by atoms with van der Waals surface area (Å²) in [7, 11) is 1.63. The topological polar surface area (TPSA) is 53.7 Å². The van der Waals surface area contributed by atoms with Gasteiger partial charge < -0.3 is 19.9 Å². The summed E-state index contributed by atoms with van der Waals surface area (Å²) in [5.74, 6) is 2.33. The van der Waals surface area contributed by atoms with Gasteiger partial charge in [-0.2, -0.15) is 0 Å². The fraction of sp³-hybridized carbons (Fsp3) is 0.333. The van der Waals surface area contributed by atoms with Gasteiger partial charge in [-0.05, 0) is 49.2 Å². The molecule has 0 heterocycles. The van der Waals surface area contributed by atoms with E-state index in [9.17, 15) is 0 Å². The lowest BCUT2D eigenvalue weighted by molar-refractivity contribution is 0.210. The fourth-order valence-electron chi connectivity index (χ4n) is 2.18. The van der Waals surface area contributed by atoms with Gasteiger partial charge in [0.15, 0.2) is 11.5 Å². The minimum Gasteiger partial charge on any atom is -0.493 e. The van der Waals surface area contributed by atoms with E-state index in [1.54, 1.807) is 7.11 Å². The summed E-state index contributed by atoms with van der Waals surface area (Å²) in [5.41, 5.74) is 7.84. The lowest BCUT2D eigenvalue weighted by Crippen LogP contribution is -2.10. The summed E-state index contributed by atoms with van der Waals surface area (Å²) < 4.78 is 16.8. The Balaban J connectivity index is 1.90. The highest BCUT2D eigenvalue weighted by atomic mass is 16.5. The molecule has 118 valence electrons. The molecule has 0 bridgehead atoms. The number of para-hydroxylation sites is 1. The van der Waals surface area contributed by atoms with Gasteiger partial charge in [0.1, 0.15) is 19.0 Å². The van der Waals surface area contributed by atoms with E-state index in [0.29, 0.717) is 19.8 Å². The van der Waals surface area contributed by atoms with Crippen LogP contribution in [-0.2, 0) is 6.42 Å². The Morgan fingerprint density at radius 2 is 1.64 bits per heavy atom. The second kappa shape index (κ2) is 8.29. The van der Waals surface area contributed by atoms with Crippen LogP contribution in [-0.4, -0.2) is 26.9 Å². The SMILES string of the molecule is COc1ccc(CCN)cc1OCCOc1ccccc1C. The van der Waals surface area contributed by atoms with E-state index < -0.39 is 0 Å². The van der Waals surface area contributed by atoms with E-state index >= 15 is 0 Å². The molecule has 0 amide bonds. The van der Waals surface area contributed by atoms with Gasteiger partial charge in [0, 0.05) is 0 Å². The first-order valence-electron chi connectivity index (χ1n) is 7.43. The van der Waals surface area contributed by atoms with Crippen LogP contribution in [0.2, 0.25) is 0 Å². The van der Waals surface area contributed by atoms with Gasteiger partial charge in [-0.1, -0.05) is 24.3 Å². The van der Waals surface area contributed by atoms with E-state index in [1.807, 2.05) is 49.4 Å². The first-order chi connectivity index (χ1) is 10.7. The van der Waals surface area contributed by atoms with Crippen molar-refractivity contribution in [1.82, 2.24) is 0 Å². The van der Waals surface area contributed by atoms with Crippen LogP contribution >= 0.6 is 0 Å². The number of nitrogens with two attached hydrogens (primary N) is 1. The molecule has 0 saturated carbocycles. The first-order valence-corrected chi connectivity index (χ1v) is 7.43. The predicted octanol–water partition coefficient (Wildman–Crippen LogP) is 2.96. The van der Waals surface area contributed by atoms with Crippen molar-refractivity contribution in [3.05, 3.63) is 53.6 Å². The number of ether oxygens (including phenoxy) is 3. The monoisotopic (exact) mass is 301 g/mol. The number of methoxy groups -OCH3 is 1. The molecule has 0 aliphatic rings. The molecular formula is C18H23NO3. The van der Waals surface area contributed by atoms with Crippen molar-refractivity contribution in [2.75, 3.05) is 26.9 Å². The second-order valence-corrected chi connectivity index (χ2v) is 4.99. The lowest BCUT2D eigenvalue weighted by Gasteiger charge is -2.13. The average molecular weight is 301 g/mol. The molecule has 2 aromatic carbocycles. The number of hydrogen-bond donors (Lipinski definition) is 1. The summed E-state index contributed by atoms with van der Waals surface area (Å²) in [6.07, 6.45) is 0.820.